The molecule has 0 heterocycles. The van der Waals surface area contributed by atoms with Gasteiger partial charge in [-0.1, -0.05) is 80.7 Å². The molecule has 0 radical (unpaired) electrons. The van der Waals surface area contributed by atoms with Crippen molar-refractivity contribution in [2.75, 3.05) is 7.05 Å². The largest absolute Gasteiger partial charge is 0.321 e. The average molecular weight is 473 g/mol. The summed E-state index contributed by atoms with van der Waals surface area (Å²) in [7, 11) is 1.76. The normalized spacial score (nSPS) is 17.2. The number of thioether (sulfide) groups is 2. The molecule has 2 atom stereocenters. The van der Waals surface area contributed by atoms with E-state index >= 15 is 0 Å². The molecule has 0 bridgehead atoms. The molecule has 32 heavy (non-hydrogen) atoms. The molecular formula is C26H36N2O2S2. The van der Waals surface area contributed by atoms with Crippen LogP contribution in [0.3, 0.4) is 0 Å². The monoisotopic (exact) mass is 472 g/mol. The van der Waals surface area contributed by atoms with E-state index in [0.29, 0.717) is 33.9 Å². The number of rotatable bonds is 15. The highest BCUT2D eigenvalue weighted by atomic mass is 32.2. The molecule has 2 amide bonds. The van der Waals surface area contributed by atoms with Gasteiger partial charge < -0.3 is 10.2 Å². The SMILES string of the molecule is C=CC(=C)CC(=O)NC(=C)SC(=C)C[C@@H]1CC1CC(=C)SC(=C)N(C)C(=O)C/C(C)=C/C. The molecule has 0 aliphatic heterocycles. The van der Waals surface area contributed by atoms with Crippen molar-refractivity contribution in [3.05, 3.63) is 82.6 Å². The number of hydrogen-bond donors (Lipinski definition) is 1. The number of nitrogens with zero attached hydrogens (tertiary/aromatic N) is 1. The molecule has 1 aliphatic rings. The Bertz CT molecular complexity index is 854. The van der Waals surface area contributed by atoms with E-state index in [1.165, 1.54) is 23.5 Å². The summed E-state index contributed by atoms with van der Waals surface area (Å²) in [4.78, 5) is 27.8. The summed E-state index contributed by atoms with van der Waals surface area (Å²) in [5.74, 6) is 0.999. The van der Waals surface area contributed by atoms with Crippen molar-refractivity contribution < 1.29 is 9.59 Å². The standard InChI is InChI=1S/C26H36N2O2S2/c1-10-17(3)12-25(29)27-21(7)31-19(5)14-23-16-24(23)15-20(6)32-22(8)28(9)26(30)13-18(4)11-2/h10-11,23-24H,1,3,5-8,12-16H2,2,4,9H3,(H,27,29)/b18-11+/t23-,24?/m1/s1. The maximum atomic E-state index is 12.3. The van der Waals surface area contributed by atoms with Gasteiger partial charge >= 0.3 is 0 Å². The van der Waals surface area contributed by atoms with Gasteiger partial charge in [-0.2, -0.15) is 0 Å². The van der Waals surface area contributed by atoms with Gasteiger partial charge in [0.25, 0.3) is 0 Å². The smallest absolute Gasteiger partial charge is 0.231 e. The summed E-state index contributed by atoms with van der Waals surface area (Å²) < 4.78 is 0. The lowest BCUT2D eigenvalue weighted by atomic mass is 10.2. The summed E-state index contributed by atoms with van der Waals surface area (Å²) in [6, 6.07) is 0. The molecule has 1 saturated carbocycles. The Morgan fingerprint density at radius 1 is 1.03 bits per heavy atom. The molecule has 0 aromatic carbocycles. The molecule has 1 unspecified atom stereocenters. The highest BCUT2D eigenvalue weighted by Crippen LogP contribution is 2.50. The van der Waals surface area contributed by atoms with E-state index in [-0.39, 0.29) is 18.2 Å². The van der Waals surface area contributed by atoms with Crippen LogP contribution in [0, 0.1) is 11.8 Å². The maximum Gasteiger partial charge on any atom is 0.231 e. The van der Waals surface area contributed by atoms with E-state index in [4.69, 9.17) is 0 Å². The lowest BCUT2D eigenvalue weighted by Gasteiger charge is -2.20. The van der Waals surface area contributed by atoms with Crippen molar-refractivity contribution in [2.45, 2.75) is 46.0 Å². The van der Waals surface area contributed by atoms with Gasteiger partial charge in [0.1, 0.15) is 0 Å². The van der Waals surface area contributed by atoms with Crippen LogP contribution in [-0.2, 0) is 9.59 Å². The second kappa shape index (κ2) is 13.4. The van der Waals surface area contributed by atoms with Crippen molar-refractivity contribution >= 4 is 35.3 Å². The van der Waals surface area contributed by atoms with E-state index in [1.807, 2.05) is 19.9 Å². The zero-order valence-corrected chi connectivity index (χ0v) is 21.3. The third-order valence-electron chi connectivity index (χ3n) is 5.20. The van der Waals surface area contributed by atoms with Crippen LogP contribution in [0.4, 0.5) is 0 Å². The fourth-order valence-electron chi connectivity index (χ4n) is 2.99. The second-order valence-electron chi connectivity index (χ2n) is 8.11. The first-order valence-corrected chi connectivity index (χ1v) is 12.2. The Labute approximate surface area is 202 Å². The number of hydrogen-bond acceptors (Lipinski definition) is 4. The van der Waals surface area contributed by atoms with Gasteiger partial charge in [-0.15, -0.1) is 0 Å². The Morgan fingerprint density at radius 2 is 1.59 bits per heavy atom. The van der Waals surface area contributed by atoms with Crippen LogP contribution < -0.4 is 5.32 Å². The first-order valence-electron chi connectivity index (χ1n) is 10.5. The molecule has 0 aromatic rings. The van der Waals surface area contributed by atoms with Crippen molar-refractivity contribution in [2.24, 2.45) is 11.8 Å². The van der Waals surface area contributed by atoms with Gasteiger partial charge in [-0.25, -0.2) is 0 Å². The molecule has 1 rings (SSSR count). The first-order chi connectivity index (χ1) is 15.0. The molecular weight excluding hydrogens is 436 g/mol. The average Bonchev–Trinajstić information content (AvgIpc) is 3.42. The summed E-state index contributed by atoms with van der Waals surface area (Å²) in [5.41, 5.74) is 1.71. The molecule has 0 aromatic heterocycles. The highest BCUT2D eigenvalue weighted by Gasteiger charge is 2.37. The quantitative estimate of drug-likeness (QED) is 0.208. The van der Waals surface area contributed by atoms with E-state index in [2.05, 4.69) is 44.8 Å². The van der Waals surface area contributed by atoms with Gasteiger partial charge in [-0.05, 0) is 60.3 Å². The summed E-state index contributed by atoms with van der Waals surface area (Å²) in [6.07, 6.45) is 7.03. The Morgan fingerprint density at radius 3 is 2.12 bits per heavy atom. The number of carbonyl (C=O) groups excluding carboxylic acids is 2. The molecule has 6 heteroatoms. The van der Waals surface area contributed by atoms with Crippen LogP contribution >= 0.6 is 23.5 Å². The van der Waals surface area contributed by atoms with E-state index < -0.39 is 0 Å². The molecule has 1 N–H and O–H groups in total. The molecule has 1 aliphatic carbocycles. The Hall–Kier alpha value is -2.18. The van der Waals surface area contributed by atoms with Crippen LogP contribution in [0.1, 0.15) is 46.0 Å². The molecule has 0 spiro atoms. The van der Waals surface area contributed by atoms with Crippen LogP contribution in [0.2, 0.25) is 0 Å². The predicted octanol–water partition coefficient (Wildman–Crippen LogP) is 6.90. The topological polar surface area (TPSA) is 49.4 Å². The highest BCUT2D eigenvalue weighted by molar-refractivity contribution is 8.06. The molecule has 174 valence electrons. The zero-order chi connectivity index (χ0) is 24.4. The Balaban J connectivity index is 2.34. The first kappa shape index (κ1) is 27.9. The summed E-state index contributed by atoms with van der Waals surface area (Å²) in [6.45, 7) is 27.5. The summed E-state index contributed by atoms with van der Waals surface area (Å²) in [5, 5.41) is 4.04. The number of allylic oxidation sites excluding steroid dienone is 4. The van der Waals surface area contributed by atoms with Gasteiger partial charge in [0, 0.05) is 13.5 Å². The van der Waals surface area contributed by atoms with Crippen molar-refractivity contribution in [1.82, 2.24) is 10.2 Å². The molecule has 0 saturated heterocycles. The number of carbonyl (C=O) groups is 2. The van der Waals surface area contributed by atoms with Gasteiger partial charge in [-0.3, -0.25) is 9.59 Å². The van der Waals surface area contributed by atoms with Gasteiger partial charge in [0.05, 0.1) is 16.5 Å². The van der Waals surface area contributed by atoms with E-state index in [0.717, 1.165) is 34.6 Å². The maximum absolute atomic E-state index is 12.3. The fraction of sp³-hybridized carbons (Fsp3) is 0.385. The predicted molar refractivity (Wildman–Crippen MR) is 141 cm³/mol. The molecule has 4 nitrogen and oxygen atoms in total. The molecule has 1 fully saturated rings. The summed E-state index contributed by atoms with van der Waals surface area (Å²) >= 11 is 2.89. The van der Waals surface area contributed by atoms with Crippen molar-refractivity contribution in [1.29, 1.82) is 0 Å². The van der Waals surface area contributed by atoms with Crippen molar-refractivity contribution in [3.63, 3.8) is 0 Å². The zero-order valence-electron chi connectivity index (χ0n) is 19.7. The fourth-order valence-corrected chi connectivity index (χ4v) is 4.67. The minimum atomic E-state index is -0.151. The van der Waals surface area contributed by atoms with Crippen molar-refractivity contribution in [3.8, 4) is 0 Å². The lowest BCUT2D eigenvalue weighted by molar-refractivity contribution is -0.127. The minimum absolute atomic E-state index is 0.0321. The van der Waals surface area contributed by atoms with Crippen LogP contribution in [-0.4, -0.2) is 23.8 Å². The number of nitrogens with one attached hydrogen (secondary N) is 1. The van der Waals surface area contributed by atoms with Crippen LogP contribution in [0.15, 0.2) is 82.6 Å². The third kappa shape index (κ3) is 10.4. The van der Waals surface area contributed by atoms with Crippen LogP contribution in [0.5, 0.6) is 0 Å². The number of amides is 2. The van der Waals surface area contributed by atoms with Gasteiger partial charge in [0.15, 0.2) is 0 Å². The van der Waals surface area contributed by atoms with E-state index in [1.54, 1.807) is 18.0 Å². The Kier molecular flexibility index (Phi) is 11.7. The second-order valence-corrected chi connectivity index (χ2v) is 10.6. The minimum Gasteiger partial charge on any atom is -0.321 e. The lowest BCUT2D eigenvalue weighted by Crippen LogP contribution is -2.24. The third-order valence-corrected chi connectivity index (χ3v) is 6.97. The van der Waals surface area contributed by atoms with E-state index in [9.17, 15) is 9.59 Å². The van der Waals surface area contributed by atoms with Gasteiger partial charge in [0.2, 0.25) is 11.8 Å². The van der Waals surface area contributed by atoms with Crippen LogP contribution in [0.25, 0.3) is 0 Å².